The molecule has 9 heteroatoms. The number of hydrogen-bond acceptors (Lipinski definition) is 7. The van der Waals surface area contributed by atoms with Crippen molar-refractivity contribution in [1.82, 2.24) is 10.6 Å². The molecule has 1 atom stereocenters. The first kappa shape index (κ1) is 23.9. The average Bonchev–Trinajstić information content (AvgIpc) is 2.80. The molecule has 1 heterocycles. The Bertz CT molecular complexity index is 1040. The molecule has 0 fully saturated rings. The van der Waals surface area contributed by atoms with E-state index < -0.39 is 6.04 Å². The lowest BCUT2D eigenvalue weighted by atomic mass is 10.0. The van der Waals surface area contributed by atoms with Crippen molar-refractivity contribution in [3.63, 3.8) is 0 Å². The minimum Gasteiger partial charge on any atom is -0.497 e. The molecule has 0 saturated heterocycles. The van der Waals surface area contributed by atoms with Gasteiger partial charge in [0.2, 0.25) is 17.8 Å². The van der Waals surface area contributed by atoms with Crippen LogP contribution >= 0.6 is 0 Å². The third-order valence-electron chi connectivity index (χ3n) is 4.95. The van der Waals surface area contributed by atoms with Gasteiger partial charge in [0.1, 0.15) is 11.5 Å². The summed E-state index contributed by atoms with van der Waals surface area (Å²) < 4.78 is 21.9. The Kier molecular flexibility index (Phi) is 8.12. The highest BCUT2D eigenvalue weighted by Gasteiger charge is 2.26. The molecule has 2 N–H and O–H groups in total. The summed E-state index contributed by atoms with van der Waals surface area (Å²) in [5.74, 6) is 1.94. The quantitative estimate of drug-likeness (QED) is 0.602. The molecule has 0 bridgehead atoms. The van der Waals surface area contributed by atoms with E-state index in [4.69, 9.17) is 18.9 Å². The molecule has 0 aliphatic carbocycles. The van der Waals surface area contributed by atoms with Crippen molar-refractivity contribution in [3.05, 3.63) is 47.5 Å². The lowest BCUT2D eigenvalue weighted by Gasteiger charge is -2.23. The molecular formula is C24H29N3O6. The van der Waals surface area contributed by atoms with E-state index in [1.807, 2.05) is 13.8 Å². The van der Waals surface area contributed by atoms with E-state index in [0.717, 1.165) is 5.56 Å². The highest BCUT2D eigenvalue weighted by Crippen LogP contribution is 2.34. The Morgan fingerprint density at radius 3 is 2.45 bits per heavy atom. The zero-order valence-corrected chi connectivity index (χ0v) is 19.3. The minimum atomic E-state index is -0.519. The van der Waals surface area contributed by atoms with E-state index >= 15 is 0 Å². The molecule has 9 nitrogen and oxygen atoms in total. The second-order valence-electron chi connectivity index (χ2n) is 7.23. The molecule has 176 valence electrons. The SMILES string of the molecule is CCOc1ccc(CC(=O)NC2=N[C@H](c3cc(OC)ccc3OC)CC(=O)N2)cc1OCC. The zero-order valence-electron chi connectivity index (χ0n) is 19.3. The third-order valence-corrected chi connectivity index (χ3v) is 4.95. The molecule has 2 amide bonds. The van der Waals surface area contributed by atoms with E-state index in [-0.39, 0.29) is 30.6 Å². The van der Waals surface area contributed by atoms with Gasteiger partial charge in [-0.15, -0.1) is 0 Å². The van der Waals surface area contributed by atoms with E-state index in [1.165, 1.54) is 0 Å². The Balaban J connectivity index is 1.76. The summed E-state index contributed by atoms with van der Waals surface area (Å²) in [6.07, 6.45) is 0.202. The number of amides is 2. The van der Waals surface area contributed by atoms with E-state index in [2.05, 4.69) is 15.6 Å². The van der Waals surface area contributed by atoms with Gasteiger partial charge in [-0.05, 0) is 49.7 Å². The molecule has 3 rings (SSSR count). The Morgan fingerprint density at radius 2 is 1.76 bits per heavy atom. The summed E-state index contributed by atoms with van der Waals surface area (Å²) in [6.45, 7) is 4.77. The molecule has 0 aromatic heterocycles. The van der Waals surface area contributed by atoms with Crippen LogP contribution in [0.3, 0.4) is 0 Å². The number of nitrogens with one attached hydrogen (secondary N) is 2. The van der Waals surface area contributed by atoms with E-state index in [9.17, 15) is 9.59 Å². The van der Waals surface area contributed by atoms with Crippen molar-refractivity contribution in [2.24, 2.45) is 4.99 Å². The Labute approximate surface area is 193 Å². The second-order valence-corrected chi connectivity index (χ2v) is 7.23. The molecule has 0 unspecified atom stereocenters. The van der Waals surface area contributed by atoms with E-state index in [0.29, 0.717) is 41.8 Å². The van der Waals surface area contributed by atoms with Crippen molar-refractivity contribution in [1.29, 1.82) is 0 Å². The van der Waals surface area contributed by atoms with Gasteiger partial charge in [0.05, 0.1) is 46.3 Å². The van der Waals surface area contributed by atoms with Crippen molar-refractivity contribution in [3.8, 4) is 23.0 Å². The summed E-state index contributed by atoms with van der Waals surface area (Å²) in [4.78, 5) is 29.5. The van der Waals surface area contributed by atoms with Crippen LogP contribution in [0.25, 0.3) is 0 Å². The fourth-order valence-electron chi connectivity index (χ4n) is 3.50. The summed E-state index contributed by atoms with van der Waals surface area (Å²) in [5.41, 5.74) is 1.44. The Morgan fingerprint density at radius 1 is 1.03 bits per heavy atom. The number of carbonyl (C=O) groups is 2. The molecule has 1 aliphatic heterocycles. The Hall–Kier alpha value is -3.75. The standard InChI is InChI=1S/C24H29N3O6/c1-5-32-20-9-7-15(11-21(20)33-6-2)12-22(28)26-24-25-18(14-23(29)27-24)17-13-16(30-3)8-10-19(17)31-4/h7-11,13,18H,5-6,12,14H2,1-4H3,(H2,25,26,27,28,29)/t18-/m0/s1. The predicted molar refractivity (Wildman–Crippen MR) is 123 cm³/mol. The molecular weight excluding hydrogens is 426 g/mol. The summed E-state index contributed by atoms with van der Waals surface area (Å²) in [6, 6.07) is 10.1. The molecule has 2 aromatic carbocycles. The number of hydrogen-bond donors (Lipinski definition) is 2. The number of nitrogens with zero attached hydrogens (tertiary/aromatic N) is 1. The maximum atomic E-state index is 12.7. The van der Waals surface area contributed by atoms with E-state index in [1.54, 1.807) is 50.6 Å². The third kappa shape index (κ3) is 6.15. The number of carbonyl (C=O) groups excluding carboxylic acids is 2. The van der Waals surface area contributed by atoms with Crippen LogP contribution in [0.2, 0.25) is 0 Å². The number of ether oxygens (including phenoxy) is 4. The van der Waals surface area contributed by atoms with Gasteiger partial charge in [0.15, 0.2) is 11.5 Å². The first-order valence-electron chi connectivity index (χ1n) is 10.7. The van der Waals surface area contributed by atoms with Crippen LogP contribution in [-0.4, -0.2) is 45.2 Å². The van der Waals surface area contributed by atoms with Crippen molar-refractivity contribution in [2.75, 3.05) is 27.4 Å². The molecule has 0 radical (unpaired) electrons. The van der Waals surface area contributed by atoms with Crippen molar-refractivity contribution >= 4 is 17.8 Å². The maximum absolute atomic E-state index is 12.7. The highest BCUT2D eigenvalue weighted by atomic mass is 16.5. The lowest BCUT2D eigenvalue weighted by molar-refractivity contribution is -0.120. The molecule has 33 heavy (non-hydrogen) atoms. The summed E-state index contributed by atoms with van der Waals surface area (Å²) in [5, 5.41) is 5.31. The normalized spacial score (nSPS) is 15.2. The van der Waals surface area contributed by atoms with Gasteiger partial charge < -0.3 is 18.9 Å². The van der Waals surface area contributed by atoms with Crippen LogP contribution < -0.4 is 29.6 Å². The predicted octanol–water partition coefficient (Wildman–Crippen LogP) is 2.78. The average molecular weight is 456 g/mol. The van der Waals surface area contributed by atoms with Gasteiger partial charge in [-0.25, -0.2) is 4.99 Å². The molecule has 1 aliphatic rings. The van der Waals surface area contributed by atoms with Gasteiger partial charge in [0, 0.05) is 5.56 Å². The highest BCUT2D eigenvalue weighted by molar-refractivity contribution is 6.06. The van der Waals surface area contributed by atoms with Gasteiger partial charge in [0.25, 0.3) is 0 Å². The zero-order chi connectivity index (χ0) is 23.8. The van der Waals surface area contributed by atoms with Crippen LogP contribution in [0, 0.1) is 0 Å². The van der Waals surface area contributed by atoms with Crippen LogP contribution in [-0.2, 0) is 16.0 Å². The number of rotatable bonds is 9. The van der Waals surface area contributed by atoms with Crippen LogP contribution in [0.1, 0.15) is 37.4 Å². The largest absolute Gasteiger partial charge is 0.497 e. The minimum absolute atomic E-state index is 0.0779. The molecule has 0 spiro atoms. The van der Waals surface area contributed by atoms with Crippen molar-refractivity contribution in [2.45, 2.75) is 32.7 Å². The van der Waals surface area contributed by atoms with Gasteiger partial charge in [-0.3, -0.25) is 20.2 Å². The van der Waals surface area contributed by atoms with Crippen molar-refractivity contribution < 1.29 is 28.5 Å². The van der Waals surface area contributed by atoms with Gasteiger partial charge in [-0.1, -0.05) is 6.07 Å². The topological polar surface area (TPSA) is 107 Å². The lowest BCUT2D eigenvalue weighted by Crippen LogP contribution is -2.47. The monoisotopic (exact) mass is 455 g/mol. The number of methoxy groups -OCH3 is 2. The smallest absolute Gasteiger partial charge is 0.231 e. The first-order valence-corrected chi connectivity index (χ1v) is 10.7. The fraction of sp³-hybridized carbons (Fsp3) is 0.375. The number of benzene rings is 2. The van der Waals surface area contributed by atoms with Crippen LogP contribution in [0.4, 0.5) is 0 Å². The summed E-state index contributed by atoms with van der Waals surface area (Å²) >= 11 is 0. The van der Waals surface area contributed by atoms with Gasteiger partial charge in [-0.2, -0.15) is 0 Å². The molecule has 2 aromatic rings. The second kappa shape index (κ2) is 11.2. The van der Waals surface area contributed by atoms with Crippen LogP contribution in [0.5, 0.6) is 23.0 Å². The van der Waals surface area contributed by atoms with Gasteiger partial charge >= 0.3 is 0 Å². The summed E-state index contributed by atoms with van der Waals surface area (Å²) in [7, 11) is 3.11. The maximum Gasteiger partial charge on any atom is 0.231 e. The van der Waals surface area contributed by atoms with Crippen LogP contribution in [0.15, 0.2) is 41.4 Å². The molecule has 0 saturated carbocycles. The number of guanidine groups is 1. The first-order chi connectivity index (χ1) is 16.0. The number of aliphatic imine (C=N–C) groups is 1. The fourth-order valence-corrected chi connectivity index (χ4v) is 3.50.